The summed E-state index contributed by atoms with van der Waals surface area (Å²) in [4.78, 5) is 11.8. The summed E-state index contributed by atoms with van der Waals surface area (Å²) in [6.45, 7) is 6.11. The van der Waals surface area contributed by atoms with E-state index in [0.717, 1.165) is 35.2 Å². The van der Waals surface area contributed by atoms with Gasteiger partial charge in [0, 0.05) is 35.3 Å². The average Bonchev–Trinajstić information content (AvgIpc) is 2.91. The van der Waals surface area contributed by atoms with Crippen molar-refractivity contribution in [1.82, 2.24) is 4.90 Å². The van der Waals surface area contributed by atoms with Crippen LogP contribution < -0.4 is 5.32 Å². The van der Waals surface area contributed by atoms with Gasteiger partial charge in [-0.2, -0.15) is 13.2 Å². The van der Waals surface area contributed by atoms with Gasteiger partial charge >= 0.3 is 12.1 Å². The van der Waals surface area contributed by atoms with Gasteiger partial charge in [-0.25, -0.2) is 4.79 Å². The molecule has 2 atom stereocenters. The molecular formula is C22H21F3N2O2S. The molecule has 4 nitrogen and oxygen atoms in total. The Bertz CT molecular complexity index is 971. The first-order valence-corrected chi connectivity index (χ1v) is 9.98. The molecule has 2 aromatic carbocycles. The third-order valence-electron chi connectivity index (χ3n) is 4.97. The molecule has 0 amide bonds. The maximum atomic E-state index is 13.0. The number of hydrogen-bond acceptors (Lipinski definition) is 4. The molecule has 3 rings (SSSR count). The van der Waals surface area contributed by atoms with E-state index in [1.54, 1.807) is 36.0 Å². The second-order valence-corrected chi connectivity index (χ2v) is 8.48. The smallest absolute Gasteiger partial charge is 0.416 e. The number of carbonyl (C=O) groups is 1. The maximum absolute atomic E-state index is 13.0. The molecule has 0 bridgehead atoms. The fourth-order valence-electron chi connectivity index (χ4n) is 3.25. The summed E-state index contributed by atoms with van der Waals surface area (Å²) >= 11 is 1.55. The van der Waals surface area contributed by atoms with Crippen molar-refractivity contribution in [3.05, 3.63) is 83.6 Å². The van der Waals surface area contributed by atoms with E-state index in [2.05, 4.69) is 11.9 Å². The molecule has 0 spiro atoms. The summed E-state index contributed by atoms with van der Waals surface area (Å²) < 4.78 is 39.0. The first-order valence-electron chi connectivity index (χ1n) is 9.10. The average molecular weight is 434 g/mol. The molecule has 1 saturated heterocycles. The van der Waals surface area contributed by atoms with Crippen molar-refractivity contribution >= 4 is 29.5 Å². The molecule has 158 valence electrons. The van der Waals surface area contributed by atoms with Crippen molar-refractivity contribution < 1.29 is 23.1 Å². The van der Waals surface area contributed by atoms with Crippen LogP contribution in [-0.2, 0) is 16.0 Å². The number of carboxylic acid groups (broad SMARTS) is 1. The van der Waals surface area contributed by atoms with Crippen LogP contribution in [0.15, 0.2) is 66.9 Å². The Balaban J connectivity index is 1.96. The quantitative estimate of drug-likeness (QED) is 0.600. The summed E-state index contributed by atoms with van der Waals surface area (Å²) in [5.41, 5.74) is 2.28. The first-order chi connectivity index (χ1) is 14.0. The molecule has 2 unspecified atom stereocenters. The van der Waals surface area contributed by atoms with Crippen LogP contribution in [-0.4, -0.2) is 28.3 Å². The Kier molecular flexibility index (Phi) is 5.90. The van der Waals surface area contributed by atoms with Gasteiger partial charge < -0.3 is 15.3 Å². The molecule has 0 saturated carbocycles. The van der Waals surface area contributed by atoms with Crippen molar-refractivity contribution in [2.45, 2.75) is 23.3 Å². The van der Waals surface area contributed by atoms with E-state index in [1.807, 2.05) is 18.9 Å². The summed E-state index contributed by atoms with van der Waals surface area (Å²) in [5.74, 6) is -1.03. The standard InChI is InChI=1S/C22H21F3N2O2S/c1-14-15(2)30-22(27(14)3,18-9-7-17(8-10-18)21(23,24)25)26-19-11-4-16(5-12-19)6-13-20(28)29/h4-13,15,26H,1H2,2-3H3,(H,28,29)/b13-6+. The van der Waals surface area contributed by atoms with Gasteiger partial charge in [-0.15, -0.1) is 0 Å². The highest BCUT2D eigenvalue weighted by Crippen LogP contribution is 2.51. The molecule has 0 aromatic heterocycles. The molecule has 1 fully saturated rings. The van der Waals surface area contributed by atoms with E-state index in [-0.39, 0.29) is 5.25 Å². The predicted octanol–water partition coefficient (Wildman–Crippen LogP) is 5.61. The molecule has 0 radical (unpaired) electrons. The third-order valence-corrected chi connectivity index (χ3v) is 6.54. The summed E-state index contributed by atoms with van der Waals surface area (Å²) in [6, 6.07) is 12.3. The number of hydrogen-bond donors (Lipinski definition) is 2. The lowest BCUT2D eigenvalue weighted by atomic mass is 10.1. The number of thioether (sulfide) groups is 1. The van der Waals surface area contributed by atoms with Gasteiger partial charge in [-0.3, -0.25) is 0 Å². The SMILES string of the molecule is C=C1C(C)SC(Nc2ccc(/C=C/C(=O)O)cc2)(c2ccc(C(F)(F)F)cc2)N1C. The van der Waals surface area contributed by atoms with Crippen molar-refractivity contribution in [3.8, 4) is 0 Å². The molecule has 0 aliphatic carbocycles. The molecule has 30 heavy (non-hydrogen) atoms. The summed E-state index contributed by atoms with van der Waals surface area (Å²) in [7, 11) is 1.85. The first kappa shape index (κ1) is 21.8. The van der Waals surface area contributed by atoms with E-state index in [1.165, 1.54) is 18.2 Å². The minimum absolute atomic E-state index is 0.0579. The Morgan fingerprint density at radius 2 is 1.80 bits per heavy atom. The Morgan fingerprint density at radius 1 is 1.20 bits per heavy atom. The van der Waals surface area contributed by atoms with E-state index >= 15 is 0 Å². The molecular weight excluding hydrogens is 413 g/mol. The normalized spacial score (nSPS) is 22.0. The van der Waals surface area contributed by atoms with Crippen LogP contribution in [0.3, 0.4) is 0 Å². The van der Waals surface area contributed by atoms with Crippen LogP contribution >= 0.6 is 11.8 Å². The van der Waals surface area contributed by atoms with Crippen LogP contribution in [0.25, 0.3) is 6.08 Å². The van der Waals surface area contributed by atoms with Crippen molar-refractivity contribution in [1.29, 1.82) is 0 Å². The van der Waals surface area contributed by atoms with Crippen LogP contribution in [0.5, 0.6) is 0 Å². The Labute approximate surface area is 177 Å². The predicted molar refractivity (Wildman–Crippen MR) is 114 cm³/mol. The van der Waals surface area contributed by atoms with E-state index in [0.29, 0.717) is 5.56 Å². The van der Waals surface area contributed by atoms with Gasteiger partial charge in [0.05, 0.1) is 5.56 Å². The molecule has 2 aromatic rings. The minimum Gasteiger partial charge on any atom is -0.478 e. The number of nitrogens with one attached hydrogen (secondary N) is 1. The topological polar surface area (TPSA) is 52.6 Å². The molecule has 1 aliphatic heterocycles. The van der Waals surface area contributed by atoms with Crippen LogP contribution in [0, 0.1) is 0 Å². The van der Waals surface area contributed by atoms with Crippen molar-refractivity contribution in [2.75, 3.05) is 12.4 Å². The van der Waals surface area contributed by atoms with Gasteiger partial charge in [0.25, 0.3) is 0 Å². The van der Waals surface area contributed by atoms with E-state index in [4.69, 9.17) is 5.11 Å². The van der Waals surface area contributed by atoms with Gasteiger partial charge in [-0.05, 0) is 42.8 Å². The second kappa shape index (κ2) is 8.10. The third kappa shape index (κ3) is 4.33. The molecule has 8 heteroatoms. The van der Waals surface area contributed by atoms with Crippen LogP contribution in [0.2, 0.25) is 0 Å². The largest absolute Gasteiger partial charge is 0.478 e. The lowest BCUT2D eigenvalue weighted by Gasteiger charge is -2.38. The van der Waals surface area contributed by atoms with Gasteiger partial charge in [0.1, 0.15) is 0 Å². The van der Waals surface area contributed by atoms with Gasteiger partial charge in [-0.1, -0.05) is 42.6 Å². The second-order valence-electron chi connectivity index (χ2n) is 6.95. The lowest BCUT2D eigenvalue weighted by Crippen LogP contribution is -2.42. The number of anilines is 1. The van der Waals surface area contributed by atoms with E-state index in [9.17, 15) is 18.0 Å². The van der Waals surface area contributed by atoms with Gasteiger partial charge in [0.15, 0.2) is 4.99 Å². The highest BCUT2D eigenvalue weighted by atomic mass is 32.2. The zero-order valence-corrected chi connectivity index (χ0v) is 17.2. The van der Waals surface area contributed by atoms with E-state index < -0.39 is 22.7 Å². The number of benzene rings is 2. The zero-order valence-electron chi connectivity index (χ0n) is 16.4. The maximum Gasteiger partial charge on any atom is 0.416 e. The minimum atomic E-state index is -4.40. The van der Waals surface area contributed by atoms with Crippen LogP contribution in [0.4, 0.5) is 18.9 Å². The van der Waals surface area contributed by atoms with Crippen molar-refractivity contribution in [2.24, 2.45) is 0 Å². The van der Waals surface area contributed by atoms with Crippen molar-refractivity contribution in [3.63, 3.8) is 0 Å². The molecule has 1 aliphatic rings. The lowest BCUT2D eigenvalue weighted by molar-refractivity contribution is -0.137. The number of carboxylic acids is 1. The number of rotatable bonds is 5. The fraction of sp³-hybridized carbons (Fsp3) is 0.227. The van der Waals surface area contributed by atoms with Crippen LogP contribution in [0.1, 0.15) is 23.6 Å². The highest BCUT2D eigenvalue weighted by Gasteiger charge is 2.47. The summed E-state index contributed by atoms with van der Waals surface area (Å²) in [5, 5.41) is 12.2. The molecule has 2 N–H and O–H groups in total. The number of aliphatic carboxylic acids is 1. The fourth-order valence-corrected chi connectivity index (χ4v) is 4.78. The number of nitrogens with zero attached hydrogens (tertiary/aromatic N) is 1. The monoisotopic (exact) mass is 434 g/mol. The Hall–Kier alpha value is -2.87. The number of alkyl halides is 3. The Morgan fingerprint density at radius 3 is 2.27 bits per heavy atom. The van der Waals surface area contributed by atoms with Gasteiger partial charge in [0.2, 0.25) is 0 Å². The highest BCUT2D eigenvalue weighted by molar-refractivity contribution is 8.01. The molecule has 1 heterocycles. The number of halogens is 3. The zero-order chi connectivity index (χ0) is 22.1. The summed E-state index contributed by atoms with van der Waals surface area (Å²) in [6.07, 6.45) is -1.86.